The molecule has 3 aliphatic heterocycles. The van der Waals surface area contributed by atoms with Gasteiger partial charge >= 0.3 is 0 Å². The normalized spacial score (nSPS) is 26.8. The number of nitrogens with zero attached hydrogens (tertiary/aromatic N) is 1. The molecule has 1 aromatic rings. The van der Waals surface area contributed by atoms with Crippen molar-refractivity contribution in [3.05, 3.63) is 34.9 Å². The summed E-state index contributed by atoms with van der Waals surface area (Å²) in [7, 11) is 0. The summed E-state index contributed by atoms with van der Waals surface area (Å²) in [5.74, 6) is -0.794. The van der Waals surface area contributed by atoms with Crippen LogP contribution in [0.15, 0.2) is 18.2 Å². The summed E-state index contributed by atoms with van der Waals surface area (Å²) in [6.07, 6.45) is 0.634. The number of nitrogens with one attached hydrogen (secondary N) is 3. The molecule has 4 rings (SSSR count). The van der Waals surface area contributed by atoms with Crippen LogP contribution in [-0.4, -0.2) is 60.0 Å². The molecule has 0 aromatic heterocycles. The van der Waals surface area contributed by atoms with Crippen LogP contribution in [-0.2, 0) is 27.4 Å². The molecule has 1 aromatic carbocycles. The predicted octanol–water partition coefficient (Wildman–Crippen LogP) is 0.304. The van der Waals surface area contributed by atoms with Gasteiger partial charge in [-0.1, -0.05) is 18.2 Å². The zero-order valence-corrected chi connectivity index (χ0v) is 16.9. The van der Waals surface area contributed by atoms with Crippen LogP contribution in [0, 0.1) is 0 Å². The van der Waals surface area contributed by atoms with Gasteiger partial charge in [-0.2, -0.15) is 0 Å². The van der Waals surface area contributed by atoms with Crippen LogP contribution in [0.1, 0.15) is 48.2 Å². The number of hydrogen-bond acceptors (Lipinski definition) is 6. The molecule has 0 saturated carbocycles. The van der Waals surface area contributed by atoms with Crippen LogP contribution in [0.25, 0.3) is 0 Å². The lowest BCUT2D eigenvalue weighted by molar-refractivity contribution is -0.136. The molecule has 0 spiro atoms. The summed E-state index contributed by atoms with van der Waals surface area (Å²) in [4.78, 5) is 38.4. The lowest BCUT2D eigenvalue weighted by Gasteiger charge is -2.29. The number of benzene rings is 1. The molecule has 3 amide bonds. The van der Waals surface area contributed by atoms with E-state index in [-0.39, 0.29) is 35.7 Å². The highest BCUT2D eigenvalue weighted by Crippen LogP contribution is 2.29. The molecule has 3 N–H and O–H groups in total. The minimum absolute atomic E-state index is 0.0527. The fourth-order valence-electron chi connectivity index (χ4n) is 4.19. The van der Waals surface area contributed by atoms with Gasteiger partial charge in [0.2, 0.25) is 11.8 Å². The second-order valence-electron chi connectivity index (χ2n) is 8.71. The zero-order chi connectivity index (χ0) is 20.6. The van der Waals surface area contributed by atoms with E-state index in [0.717, 1.165) is 17.7 Å². The largest absolute Gasteiger partial charge is 0.378 e. The number of carbonyl (C=O) groups excluding carboxylic acids is 3. The van der Waals surface area contributed by atoms with Gasteiger partial charge < -0.3 is 20.3 Å². The van der Waals surface area contributed by atoms with Gasteiger partial charge in [0.1, 0.15) is 6.04 Å². The molecule has 156 valence electrons. The zero-order valence-electron chi connectivity index (χ0n) is 16.9. The van der Waals surface area contributed by atoms with E-state index in [2.05, 4.69) is 29.8 Å². The molecule has 29 heavy (non-hydrogen) atoms. The molecule has 2 fully saturated rings. The van der Waals surface area contributed by atoms with Crippen molar-refractivity contribution >= 4 is 17.7 Å². The van der Waals surface area contributed by atoms with Crippen LogP contribution in [0.2, 0.25) is 0 Å². The Hall–Kier alpha value is -2.29. The monoisotopic (exact) mass is 400 g/mol. The van der Waals surface area contributed by atoms with Gasteiger partial charge in [-0.15, -0.1) is 0 Å². The highest BCUT2D eigenvalue weighted by atomic mass is 16.5. The summed E-state index contributed by atoms with van der Waals surface area (Å²) < 4.78 is 5.77. The number of rotatable bonds is 4. The van der Waals surface area contributed by atoms with Crippen LogP contribution in [0.3, 0.4) is 0 Å². The molecular formula is C21H28N4O4. The first-order valence-electron chi connectivity index (χ1n) is 10.2. The molecule has 0 aliphatic carbocycles. The van der Waals surface area contributed by atoms with Crippen molar-refractivity contribution in [3.8, 4) is 0 Å². The molecule has 8 nitrogen and oxygen atoms in total. The number of imide groups is 1. The van der Waals surface area contributed by atoms with Crippen LogP contribution in [0.4, 0.5) is 0 Å². The Morgan fingerprint density at radius 2 is 2.10 bits per heavy atom. The van der Waals surface area contributed by atoms with Gasteiger partial charge in [0.25, 0.3) is 5.91 Å². The number of fused-ring (bicyclic) bond motifs is 1. The molecular weight excluding hydrogens is 372 g/mol. The fraction of sp³-hybridized carbons (Fsp3) is 0.571. The number of piperidine rings is 1. The Morgan fingerprint density at radius 3 is 2.90 bits per heavy atom. The summed E-state index contributed by atoms with van der Waals surface area (Å²) >= 11 is 0. The third-order valence-corrected chi connectivity index (χ3v) is 5.83. The van der Waals surface area contributed by atoms with E-state index in [1.54, 1.807) is 4.90 Å². The number of amides is 3. The maximum absolute atomic E-state index is 13.1. The Labute approximate surface area is 170 Å². The average molecular weight is 400 g/mol. The number of carbonyl (C=O) groups is 3. The van der Waals surface area contributed by atoms with E-state index in [1.807, 2.05) is 18.2 Å². The van der Waals surface area contributed by atoms with Crippen molar-refractivity contribution < 1.29 is 19.1 Å². The van der Waals surface area contributed by atoms with Gasteiger partial charge in [-0.25, -0.2) is 0 Å². The standard InChI is InChI=1S/C21H28N4O4/c1-21(2)12-29-11-15(9-23-21)22-8-13-4-3-5-14-10-25(20(28)18(13)14)16-6-7-17(26)24-19(16)27/h3-5,15-16,22-23H,6-12H2,1-2H3,(H,24,26,27). The summed E-state index contributed by atoms with van der Waals surface area (Å²) in [5, 5.41) is 9.33. The highest BCUT2D eigenvalue weighted by molar-refractivity contribution is 6.05. The second kappa shape index (κ2) is 7.85. The molecule has 0 radical (unpaired) electrons. The summed E-state index contributed by atoms with van der Waals surface area (Å²) in [5.41, 5.74) is 2.47. The predicted molar refractivity (Wildman–Crippen MR) is 106 cm³/mol. The maximum atomic E-state index is 13.1. The Balaban J connectivity index is 1.45. The SMILES string of the molecule is CC1(C)COCC(NCc2cccc3c2C(=O)N(C2CCC(=O)NC2=O)C3)CN1. The fourth-order valence-corrected chi connectivity index (χ4v) is 4.19. The lowest BCUT2D eigenvalue weighted by atomic mass is 10.0. The summed E-state index contributed by atoms with van der Waals surface area (Å²) in [6, 6.07) is 5.39. The number of hydrogen-bond donors (Lipinski definition) is 3. The molecule has 8 heteroatoms. The van der Waals surface area contributed by atoms with Crippen LogP contribution in [0.5, 0.6) is 0 Å². The van der Waals surface area contributed by atoms with Crippen molar-refractivity contribution in [2.45, 2.75) is 57.4 Å². The van der Waals surface area contributed by atoms with E-state index in [9.17, 15) is 14.4 Å². The molecule has 2 unspecified atom stereocenters. The van der Waals surface area contributed by atoms with Crippen LogP contribution < -0.4 is 16.0 Å². The average Bonchev–Trinajstić information content (AvgIpc) is 2.89. The van der Waals surface area contributed by atoms with Gasteiger partial charge in [0, 0.05) is 43.2 Å². The Morgan fingerprint density at radius 1 is 1.28 bits per heavy atom. The highest BCUT2D eigenvalue weighted by Gasteiger charge is 2.40. The molecule has 3 aliphatic rings. The quantitative estimate of drug-likeness (QED) is 0.629. The minimum atomic E-state index is -0.588. The first kappa shape index (κ1) is 20.0. The molecule has 3 heterocycles. The molecule has 2 saturated heterocycles. The Bertz CT molecular complexity index is 838. The van der Waals surface area contributed by atoms with Gasteiger partial charge in [0.05, 0.1) is 13.2 Å². The minimum Gasteiger partial charge on any atom is -0.378 e. The van der Waals surface area contributed by atoms with E-state index in [1.165, 1.54) is 0 Å². The smallest absolute Gasteiger partial charge is 0.255 e. The van der Waals surface area contributed by atoms with E-state index >= 15 is 0 Å². The molecule has 0 bridgehead atoms. The summed E-state index contributed by atoms with van der Waals surface area (Å²) in [6.45, 7) is 7.24. The topological polar surface area (TPSA) is 99.8 Å². The van der Waals surface area contributed by atoms with E-state index in [0.29, 0.717) is 38.3 Å². The third-order valence-electron chi connectivity index (χ3n) is 5.83. The lowest BCUT2D eigenvalue weighted by Crippen LogP contribution is -2.52. The van der Waals surface area contributed by atoms with E-state index in [4.69, 9.17) is 4.74 Å². The van der Waals surface area contributed by atoms with Gasteiger partial charge in [-0.3, -0.25) is 19.7 Å². The van der Waals surface area contributed by atoms with Crippen molar-refractivity contribution in [1.82, 2.24) is 20.9 Å². The van der Waals surface area contributed by atoms with Gasteiger partial charge in [-0.05, 0) is 31.4 Å². The molecule has 2 atom stereocenters. The first-order valence-corrected chi connectivity index (χ1v) is 10.2. The van der Waals surface area contributed by atoms with Crippen LogP contribution >= 0.6 is 0 Å². The maximum Gasteiger partial charge on any atom is 0.255 e. The van der Waals surface area contributed by atoms with Crippen molar-refractivity contribution in [3.63, 3.8) is 0 Å². The third kappa shape index (κ3) is 4.19. The Kier molecular flexibility index (Phi) is 5.42. The second-order valence-corrected chi connectivity index (χ2v) is 8.71. The van der Waals surface area contributed by atoms with Crippen molar-refractivity contribution in [2.24, 2.45) is 0 Å². The van der Waals surface area contributed by atoms with E-state index < -0.39 is 6.04 Å². The van der Waals surface area contributed by atoms with Gasteiger partial charge in [0.15, 0.2) is 0 Å². The van der Waals surface area contributed by atoms with Crippen molar-refractivity contribution in [1.29, 1.82) is 0 Å². The van der Waals surface area contributed by atoms with Crippen molar-refractivity contribution in [2.75, 3.05) is 19.8 Å². The number of ether oxygens (including phenoxy) is 1. The first-order chi connectivity index (χ1) is 13.8.